The highest BCUT2D eigenvalue weighted by atomic mass is 32.1. The van der Waals surface area contributed by atoms with Gasteiger partial charge in [-0.15, -0.1) is 0 Å². The van der Waals surface area contributed by atoms with Crippen molar-refractivity contribution >= 4 is 17.1 Å². The van der Waals surface area contributed by atoms with Crippen LogP contribution in [0.2, 0.25) is 0 Å². The minimum atomic E-state index is 0.789. The SMILES string of the molecule is CCC(=S)CC(C)CC. The molecule has 1 heteroatoms. The van der Waals surface area contributed by atoms with Gasteiger partial charge in [0.2, 0.25) is 0 Å². The maximum Gasteiger partial charge on any atom is -0.00716 e. The van der Waals surface area contributed by atoms with Gasteiger partial charge in [0, 0.05) is 0 Å². The zero-order chi connectivity index (χ0) is 7.28. The maximum atomic E-state index is 5.10. The van der Waals surface area contributed by atoms with Gasteiger partial charge >= 0.3 is 0 Å². The highest BCUT2D eigenvalue weighted by molar-refractivity contribution is 7.80. The van der Waals surface area contributed by atoms with E-state index in [0.29, 0.717) is 0 Å². The lowest BCUT2D eigenvalue weighted by Gasteiger charge is -2.06. The van der Waals surface area contributed by atoms with E-state index in [1.54, 1.807) is 0 Å². The second-order valence-electron chi connectivity index (χ2n) is 2.61. The van der Waals surface area contributed by atoms with Crippen LogP contribution < -0.4 is 0 Å². The van der Waals surface area contributed by atoms with Crippen LogP contribution in [-0.4, -0.2) is 4.86 Å². The summed E-state index contributed by atoms with van der Waals surface area (Å²) in [5.41, 5.74) is 0. The molecule has 0 bridgehead atoms. The first kappa shape index (κ1) is 9.09. The zero-order valence-electron chi connectivity index (χ0n) is 6.61. The van der Waals surface area contributed by atoms with Crippen molar-refractivity contribution in [2.75, 3.05) is 0 Å². The van der Waals surface area contributed by atoms with Crippen LogP contribution in [0, 0.1) is 5.92 Å². The normalized spacial score (nSPS) is 13.2. The summed E-state index contributed by atoms with van der Waals surface area (Å²) in [5, 5.41) is 0. The highest BCUT2D eigenvalue weighted by Gasteiger charge is 2.00. The van der Waals surface area contributed by atoms with E-state index in [1.807, 2.05) is 0 Å². The molecule has 0 radical (unpaired) electrons. The molecule has 0 saturated heterocycles. The Morgan fingerprint density at radius 1 is 1.44 bits per heavy atom. The zero-order valence-corrected chi connectivity index (χ0v) is 7.42. The molecule has 0 N–H and O–H groups in total. The second kappa shape index (κ2) is 4.92. The minimum absolute atomic E-state index is 0.789. The van der Waals surface area contributed by atoms with Crippen molar-refractivity contribution in [1.82, 2.24) is 0 Å². The van der Waals surface area contributed by atoms with Gasteiger partial charge in [-0.2, -0.15) is 0 Å². The van der Waals surface area contributed by atoms with Gasteiger partial charge < -0.3 is 0 Å². The molecule has 0 aliphatic rings. The van der Waals surface area contributed by atoms with Crippen LogP contribution in [0.25, 0.3) is 0 Å². The van der Waals surface area contributed by atoms with E-state index in [1.165, 1.54) is 11.3 Å². The molecule has 1 atom stereocenters. The minimum Gasteiger partial charge on any atom is -0.0897 e. The first-order valence-electron chi connectivity index (χ1n) is 3.72. The molecule has 0 spiro atoms. The van der Waals surface area contributed by atoms with Gasteiger partial charge in [0.05, 0.1) is 0 Å². The molecule has 54 valence electrons. The van der Waals surface area contributed by atoms with Crippen LogP contribution in [0.3, 0.4) is 0 Å². The number of thiocarbonyl (C=S) groups is 1. The first-order chi connectivity index (χ1) is 4.20. The maximum absolute atomic E-state index is 5.10. The molecule has 0 heterocycles. The molecule has 0 nitrogen and oxygen atoms in total. The fraction of sp³-hybridized carbons (Fsp3) is 0.875. The average Bonchev–Trinajstić information content (AvgIpc) is 1.87. The van der Waals surface area contributed by atoms with Crippen molar-refractivity contribution < 1.29 is 0 Å². The van der Waals surface area contributed by atoms with E-state index in [9.17, 15) is 0 Å². The predicted octanol–water partition coefficient (Wildman–Crippen LogP) is 3.20. The fourth-order valence-corrected chi connectivity index (χ4v) is 0.962. The van der Waals surface area contributed by atoms with Crippen LogP contribution in [0.1, 0.15) is 40.0 Å². The summed E-state index contributed by atoms with van der Waals surface area (Å²) in [5.74, 6) is 0.789. The van der Waals surface area contributed by atoms with Crippen molar-refractivity contribution in [3.05, 3.63) is 0 Å². The van der Waals surface area contributed by atoms with Crippen molar-refractivity contribution in [3.63, 3.8) is 0 Å². The third-order valence-electron chi connectivity index (χ3n) is 1.67. The van der Waals surface area contributed by atoms with Crippen molar-refractivity contribution in [3.8, 4) is 0 Å². The lowest BCUT2D eigenvalue weighted by atomic mass is 10.0. The van der Waals surface area contributed by atoms with Crippen LogP contribution in [0.5, 0.6) is 0 Å². The van der Waals surface area contributed by atoms with Crippen molar-refractivity contribution in [1.29, 1.82) is 0 Å². The quantitative estimate of drug-likeness (QED) is 0.546. The summed E-state index contributed by atoms with van der Waals surface area (Å²) >= 11 is 5.10. The van der Waals surface area contributed by atoms with E-state index >= 15 is 0 Å². The first-order valence-corrected chi connectivity index (χ1v) is 4.13. The molecule has 0 fully saturated rings. The standard InChI is InChI=1S/C8H16S/c1-4-7(3)6-8(9)5-2/h7H,4-6H2,1-3H3. The van der Waals surface area contributed by atoms with Gasteiger partial charge in [-0.1, -0.05) is 39.4 Å². The lowest BCUT2D eigenvalue weighted by Crippen LogP contribution is -2.00. The Kier molecular flexibility index (Phi) is 4.97. The second-order valence-corrected chi connectivity index (χ2v) is 3.19. The topological polar surface area (TPSA) is 0 Å². The average molecular weight is 144 g/mol. The third kappa shape index (κ3) is 4.58. The van der Waals surface area contributed by atoms with Crippen LogP contribution in [0.15, 0.2) is 0 Å². The largest absolute Gasteiger partial charge is 0.0897 e. The Hall–Kier alpha value is 0.0900. The van der Waals surface area contributed by atoms with Gasteiger partial charge in [-0.3, -0.25) is 0 Å². The molecular weight excluding hydrogens is 128 g/mol. The molecule has 0 aliphatic heterocycles. The van der Waals surface area contributed by atoms with Gasteiger partial charge in [-0.25, -0.2) is 0 Å². The summed E-state index contributed by atoms with van der Waals surface area (Å²) in [6, 6.07) is 0. The van der Waals surface area contributed by atoms with E-state index < -0.39 is 0 Å². The van der Waals surface area contributed by atoms with E-state index in [-0.39, 0.29) is 0 Å². The number of rotatable bonds is 4. The van der Waals surface area contributed by atoms with Crippen LogP contribution in [0.4, 0.5) is 0 Å². The Morgan fingerprint density at radius 2 is 2.00 bits per heavy atom. The van der Waals surface area contributed by atoms with Crippen molar-refractivity contribution in [2.45, 2.75) is 40.0 Å². The van der Waals surface area contributed by atoms with Gasteiger partial charge in [-0.05, 0) is 23.6 Å². The Bertz CT molecular complexity index is 86.6. The molecule has 0 rings (SSSR count). The Labute approximate surface area is 63.7 Å². The summed E-state index contributed by atoms with van der Waals surface area (Å²) < 4.78 is 0. The molecule has 0 saturated carbocycles. The number of hydrogen-bond donors (Lipinski definition) is 0. The van der Waals surface area contributed by atoms with E-state index in [2.05, 4.69) is 20.8 Å². The summed E-state index contributed by atoms with van der Waals surface area (Å²) in [7, 11) is 0. The van der Waals surface area contributed by atoms with Crippen LogP contribution >= 0.6 is 12.2 Å². The van der Waals surface area contributed by atoms with E-state index in [4.69, 9.17) is 12.2 Å². The monoisotopic (exact) mass is 144 g/mol. The predicted molar refractivity (Wildman–Crippen MR) is 47.0 cm³/mol. The molecule has 0 amide bonds. The van der Waals surface area contributed by atoms with Gasteiger partial charge in [0.25, 0.3) is 0 Å². The van der Waals surface area contributed by atoms with Crippen LogP contribution in [-0.2, 0) is 0 Å². The molecular formula is C8H16S. The van der Waals surface area contributed by atoms with Gasteiger partial charge in [0.1, 0.15) is 0 Å². The molecule has 0 aromatic rings. The Morgan fingerprint density at radius 3 is 2.33 bits per heavy atom. The molecule has 0 aromatic carbocycles. The lowest BCUT2D eigenvalue weighted by molar-refractivity contribution is 0.587. The molecule has 0 aromatic heterocycles. The smallest absolute Gasteiger partial charge is 0.00716 e. The highest BCUT2D eigenvalue weighted by Crippen LogP contribution is 2.08. The van der Waals surface area contributed by atoms with Crippen molar-refractivity contribution in [2.24, 2.45) is 5.92 Å². The van der Waals surface area contributed by atoms with Gasteiger partial charge in [0.15, 0.2) is 0 Å². The Balaban J connectivity index is 3.34. The summed E-state index contributed by atoms with van der Waals surface area (Å²) in [6.45, 7) is 6.59. The summed E-state index contributed by atoms with van der Waals surface area (Å²) in [6.07, 6.45) is 3.46. The molecule has 9 heavy (non-hydrogen) atoms. The van der Waals surface area contributed by atoms with E-state index in [0.717, 1.165) is 18.8 Å². The molecule has 1 unspecified atom stereocenters. The summed E-state index contributed by atoms with van der Waals surface area (Å²) in [4.78, 5) is 1.23. The number of hydrogen-bond acceptors (Lipinski definition) is 1. The molecule has 0 aliphatic carbocycles. The fourth-order valence-electron chi connectivity index (χ4n) is 0.677. The third-order valence-corrected chi connectivity index (χ3v) is 2.12.